The van der Waals surface area contributed by atoms with E-state index in [4.69, 9.17) is 16.3 Å². The first-order chi connectivity index (χ1) is 14.5. The van der Waals surface area contributed by atoms with Gasteiger partial charge in [0.25, 0.3) is 5.69 Å². The second-order valence-electron chi connectivity index (χ2n) is 7.64. The molecule has 0 atom stereocenters. The van der Waals surface area contributed by atoms with Gasteiger partial charge in [0.1, 0.15) is 5.75 Å². The van der Waals surface area contributed by atoms with Crippen molar-refractivity contribution < 1.29 is 9.66 Å². The minimum Gasteiger partial charge on any atom is -0.493 e. The second kappa shape index (κ2) is 13.1. The van der Waals surface area contributed by atoms with E-state index in [9.17, 15) is 10.1 Å². The summed E-state index contributed by atoms with van der Waals surface area (Å²) < 4.78 is 5.97. The van der Waals surface area contributed by atoms with Crippen LogP contribution in [-0.4, -0.2) is 11.5 Å². The average Bonchev–Trinajstić information content (AvgIpc) is 2.74. The maximum atomic E-state index is 11.2. The van der Waals surface area contributed by atoms with E-state index in [1.165, 1.54) is 44.6 Å². The van der Waals surface area contributed by atoms with E-state index in [0.29, 0.717) is 23.9 Å². The van der Waals surface area contributed by atoms with Gasteiger partial charge in [0.2, 0.25) is 0 Å². The van der Waals surface area contributed by atoms with Crippen LogP contribution in [0, 0.1) is 17.0 Å². The third-order valence-corrected chi connectivity index (χ3v) is 5.66. The van der Waals surface area contributed by atoms with Crippen LogP contribution in [0.1, 0.15) is 69.4 Å². The van der Waals surface area contributed by atoms with Crippen molar-refractivity contribution in [2.24, 2.45) is 0 Å². The number of rotatable bonds is 14. The molecule has 0 unspecified atom stereocenters. The molecule has 0 spiro atoms. The number of nitrogens with one attached hydrogen (secondary N) is 1. The molecule has 0 aromatic heterocycles. The maximum Gasteiger partial charge on any atom is 0.270 e. The minimum absolute atomic E-state index is 0.0639. The van der Waals surface area contributed by atoms with Crippen molar-refractivity contribution in [2.45, 2.75) is 71.8 Å². The van der Waals surface area contributed by atoms with Crippen molar-refractivity contribution in [3.05, 3.63) is 62.7 Å². The SMILES string of the molecule is CCCCCCCCCCOc1ccc([N+](=O)[O-])cc1CNc1cccc(Cl)c1C. The van der Waals surface area contributed by atoms with Crippen LogP contribution >= 0.6 is 11.6 Å². The Morgan fingerprint density at radius 2 is 1.73 bits per heavy atom. The van der Waals surface area contributed by atoms with Gasteiger partial charge in [0.05, 0.1) is 11.5 Å². The molecule has 0 fully saturated rings. The monoisotopic (exact) mass is 432 g/mol. The predicted molar refractivity (Wildman–Crippen MR) is 125 cm³/mol. The van der Waals surface area contributed by atoms with Gasteiger partial charge in [-0.3, -0.25) is 10.1 Å². The summed E-state index contributed by atoms with van der Waals surface area (Å²) in [5.74, 6) is 0.690. The first kappa shape index (κ1) is 24.0. The Morgan fingerprint density at radius 3 is 2.43 bits per heavy atom. The number of unbranched alkanes of at least 4 members (excludes halogenated alkanes) is 7. The van der Waals surface area contributed by atoms with Gasteiger partial charge in [-0.05, 0) is 37.1 Å². The number of benzene rings is 2. The van der Waals surface area contributed by atoms with Gasteiger partial charge in [0.15, 0.2) is 0 Å². The minimum atomic E-state index is -0.379. The number of non-ortho nitro benzene ring substituents is 1. The maximum absolute atomic E-state index is 11.2. The molecule has 0 aliphatic heterocycles. The zero-order chi connectivity index (χ0) is 21.8. The molecular weight excluding hydrogens is 400 g/mol. The number of halogens is 1. The van der Waals surface area contributed by atoms with Crippen LogP contribution in [0.5, 0.6) is 5.75 Å². The van der Waals surface area contributed by atoms with Crippen molar-refractivity contribution in [1.29, 1.82) is 0 Å². The van der Waals surface area contributed by atoms with Gasteiger partial charge in [-0.2, -0.15) is 0 Å². The lowest BCUT2D eigenvalue weighted by atomic mass is 10.1. The number of hydrogen-bond donors (Lipinski definition) is 1. The molecule has 2 rings (SSSR count). The molecule has 5 nitrogen and oxygen atoms in total. The molecule has 0 heterocycles. The Kier molecular flexibility index (Phi) is 10.5. The highest BCUT2D eigenvalue weighted by Crippen LogP contribution is 2.28. The summed E-state index contributed by atoms with van der Waals surface area (Å²) in [7, 11) is 0. The zero-order valence-electron chi connectivity index (χ0n) is 18.1. The summed E-state index contributed by atoms with van der Waals surface area (Å²) in [4.78, 5) is 10.8. The lowest BCUT2D eigenvalue weighted by molar-refractivity contribution is -0.384. The van der Waals surface area contributed by atoms with Gasteiger partial charge >= 0.3 is 0 Å². The average molecular weight is 433 g/mol. The lowest BCUT2D eigenvalue weighted by Gasteiger charge is -2.14. The molecule has 1 N–H and O–H groups in total. The van der Waals surface area contributed by atoms with Crippen LogP contribution in [0.15, 0.2) is 36.4 Å². The van der Waals surface area contributed by atoms with E-state index in [1.807, 2.05) is 25.1 Å². The summed E-state index contributed by atoms with van der Waals surface area (Å²) in [6.07, 6.45) is 9.90. The highest BCUT2D eigenvalue weighted by molar-refractivity contribution is 6.31. The molecule has 164 valence electrons. The molecule has 2 aromatic rings. The first-order valence-corrected chi connectivity index (χ1v) is 11.3. The van der Waals surface area contributed by atoms with Crippen molar-refractivity contribution in [3.63, 3.8) is 0 Å². The third kappa shape index (κ3) is 7.86. The smallest absolute Gasteiger partial charge is 0.270 e. The van der Waals surface area contributed by atoms with Crippen molar-refractivity contribution in [3.8, 4) is 5.75 Å². The summed E-state index contributed by atoms with van der Waals surface area (Å²) in [5.41, 5.74) is 2.69. The van der Waals surface area contributed by atoms with Gasteiger partial charge in [-0.1, -0.05) is 69.5 Å². The number of nitrogens with zero attached hydrogens (tertiary/aromatic N) is 1. The molecule has 0 saturated carbocycles. The fourth-order valence-corrected chi connectivity index (χ4v) is 3.54. The Hall–Kier alpha value is -2.27. The molecule has 0 bridgehead atoms. The van der Waals surface area contributed by atoms with Crippen LogP contribution < -0.4 is 10.1 Å². The molecule has 6 heteroatoms. The summed E-state index contributed by atoms with van der Waals surface area (Å²) in [6.45, 7) is 5.22. The van der Waals surface area contributed by atoms with Crippen molar-refractivity contribution in [2.75, 3.05) is 11.9 Å². The number of ether oxygens (including phenoxy) is 1. The highest BCUT2D eigenvalue weighted by Gasteiger charge is 2.12. The van der Waals surface area contributed by atoms with Crippen LogP contribution in [0.2, 0.25) is 5.02 Å². The lowest BCUT2D eigenvalue weighted by Crippen LogP contribution is -2.06. The van der Waals surface area contributed by atoms with Crippen LogP contribution in [0.25, 0.3) is 0 Å². The van der Waals surface area contributed by atoms with Gasteiger partial charge in [-0.25, -0.2) is 0 Å². The van der Waals surface area contributed by atoms with Crippen molar-refractivity contribution in [1.82, 2.24) is 0 Å². The number of nitro benzene ring substituents is 1. The fourth-order valence-electron chi connectivity index (χ4n) is 3.37. The third-order valence-electron chi connectivity index (χ3n) is 5.25. The van der Waals surface area contributed by atoms with E-state index in [0.717, 1.165) is 29.7 Å². The van der Waals surface area contributed by atoms with E-state index in [-0.39, 0.29) is 10.6 Å². The molecule has 0 aliphatic carbocycles. The number of hydrogen-bond acceptors (Lipinski definition) is 4. The topological polar surface area (TPSA) is 64.4 Å². The van der Waals surface area contributed by atoms with E-state index >= 15 is 0 Å². The number of anilines is 1. The molecule has 0 radical (unpaired) electrons. The largest absolute Gasteiger partial charge is 0.493 e. The Bertz CT molecular complexity index is 811. The fraction of sp³-hybridized carbons (Fsp3) is 0.500. The molecule has 2 aromatic carbocycles. The van der Waals surface area contributed by atoms with Crippen molar-refractivity contribution >= 4 is 23.0 Å². The molecule has 30 heavy (non-hydrogen) atoms. The molecule has 0 aliphatic rings. The van der Waals surface area contributed by atoms with E-state index < -0.39 is 0 Å². The molecule has 0 saturated heterocycles. The Morgan fingerprint density at radius 1 is 1.03 bits per heavy atom. The standard InChI is InChI=1S/C24H33ClN2O3/c1-3-4-5-6-7-8-9-10-16-30-24-15-14-21(27(28)29)17-20(24)18-26-23-13-11-12-22(25)19(23)2/h11-15,17,26H,3-10,16,18H2,1-2H3. The quantitative estimate of drug-likeness (QED) is 0.189. The zero-order valence-corrected chi connectivity index (χ0v) is 18.8. The van der Waals surface area contributed by atoms with E-state index in [2.05, 4.69) is 12.2 Å². The second-order valence-corrected chi connectivity index (χ2v) is 8.05. The van der Waals surface area contributed by atoms with Gasteiger partial charge in [0, 0.05) is 35.0 Å². The molecular formula is C24H33ClN2O3. The predicted octanol–water partition coefficient (Wildman–Crippen LogP) is 7.69. The number of nitro groups is 1. The molecule has 0 amide bonds. The normalized spacial score (nSPS) is 10.8. The summed E-state index contributed by atoms with van der Waals surface area (Å²) >= 11 is 6.19. The van der Waals surface area contributed by atoms with E-state index in [1.54, 1.807) is 12.1 Å². The van der Waals surface area contributed by atoms with Gasteiger partial charge < -0.3 is 10.1 Å². The highest BCUT2D eigenvalue weighted by atomic mass is 35.5. The van der Waals surface area contributed by atoms with Crippen LogP contribution in [-0.2, 0) is 6.54 Å². The van der Waals surface area contributed by atoms with Gasteiger partial charge in [-0.15, -0.1) is 0 Å². The Labute approximate surface area is 184 Å². The Balaban J connectivity index is 1.90. The van der Waals surface area contributed by atoms with Crippen LogP contribution in [0.3, 0.4) is 0 Å². The first-order valence-electron chi connectivity index (χ1n) is 10.9. The summed E-state index contributed by atoms with van der Waals surface area (Å²) in [5, 5.41) is 15.2. The van der Waals surface area contributed by atoms with Crippen LogP contribution in [0.4, 0.5) is 11.4 Å². The summed E-state index contributed by atoms with van der Waals surface area (Å²) in [6, 6.07) is 10.4.